The maximum Gasteiger partial charge on any atom is 0.217 e. The molecule has 1 aromatic heterocycles. The van der Waals surface area contributed by atoms with Gasteiger partial charge in [-0.3, -0.25) is 4.79 Å². The van der Waals surface area contributed by atoms with Crippen LogP contribution in [0.1, 0.15) is 19.5 Å². The second-order valence-corrected chi connectivity index (χ2v) is 4.19. The molecule has 1 atom stereocenters. The van der Waals surface area contributed by atoms with Gasteiger partial charge in [0.1, 0.15) is 0 Å². The quantitative estimate of drug-likeness (QED) is 0.687. The molecule has 1 heterocycles. The van der Waals surface area contributed by atoms with E-state index in [-0.39, 0.29) is 11.9 Å². The van der Waals surface area contributed by atoms with Crippen LogP contribution in [0.3, 0.4) is 0 Å². The number of nitrogens with one attached hydrogen (secondary N) is 2. The smallest absolute Gasteiger partial charge is 0.217 e. The predicted molar refractivity (Wildman–Crippen MR) is 61.8 cm³/mol. The molecule has 1 rings (SSSR count). The van der Waals surface area contributed by atoms with Crippen molar-refractivity contribution in [1.29, 1.82) is 0 Å². The third-order valence-corrected chi connectivity index (χ3v) is 2.62. The molecule has 0 saturated carbocycles. The van der Waals surface area contributed by atoms with Crippen LogP contribution in [0.2, 0.25) is 0 Å². The molecule has 0 aromatic carbocycles. The van der Waals surface area contributed by atoms with Crippen molar-refractivity contribution in [3.8, 4) is 0 Å². The van der Waals surface area contributed by atoms with Gasteiger partial charge < -0.3 is 16.4 Å². The van der Waals surface area contributed by atoms with Crippen LogP contribution in [0, 0.1) is 0 Å². The van der Waals surface area contributed by atoms with Crippen molar-refractivity contribution in [3.05, 3.63) is 11.1 Å². The monoisotopic (exact) mass is 228 g/mol. The molecular weight excluding hydrogens is 212 g/mol. The molecule has 0 saturated heterocycles. The van der Waals surface area contributed by atoms with Crippen LogP contribution in [0.5, 0.6) is 0 Å². The van der Waals surface area contributed by atoms with E-state index in [1.807, 2.05) is 12.3 Å². The lowest BCUT2D eigenvalue weighted by atomic mass is 10.3. The fourth-order valence-corrected chi connectivity index (χ4v) is 1.85. The molecule has 0 aliphatic carbocycles. The summed E-state index contributed by atoms with van der Waals surface area (Å²) in [5.41, 5.74) is 6.33. The first-order valence-corrected chi connectivity index (χ1v) is 5.65. The summed E-state index contributed by atoms with van der Waals surface area (Å²) in [6, 6.07) is 0.0905. The van der Waals surface area contributed by atoms with E-state index >= 15 is 0 Å². The van der Waals surface area contributed by atoms with Gasteiger partial charge in [-0.25, -0.2) is 4.98 Å². The second-order valence-electron chi connectivity index (χ2n) is 3.33. The van der Waals surface area contributed by atoms with Gasteiger partial charge >= 0.3 is 0 Å². The maximum atomic E-state index is 10.7. The van der Waals surface area contributed by atoms with Crippen molar-refractivity contribution in [1.82, 2.24) is 10.3 Å². The van der Waals surface area contributed by atoms with Crippen molar-refractivity contribution in [3.63, 3.8) is 0 Å². The van der Waals surface area contributed by atoms with E-state index in [1.54, 1.807) is 0 Å². The number of carbonyl (C=O) groups is 1. The molecule has 15 heavy (non-hydrogen) atoms. The van der Waals surface area contributed by atoms with Crippen molar-refractivity contribution in [2.24, 2.45) is 5.73 Å². The highest BCUT2D eigenvalue weighted by atomic mass is 32.1. The summed E-state index contributed by atoms with van der Waals surface area (Å²) in [5.74, 6) is -0.0221. The van der Waals surface area contributed by atoms with Gasteiger partial charge in [-0.05, 0) is 6.92 Å². The highest BCUT2D eigenvalue weighted by Crippen LogP contribution is 2.14. The standard InChI is InChI=1S/C9H16N4OS/c1-6(12-7(2)14)4-11-9-13-8(3-10)5-15-9/h5-6H,3-4,10H2,1-2H3,(H,11,13)(H,12,14). The maximum absolute atomic E-state index is 10.7. The molecule has 4 N–H and O–H groups in total. The lowest BCUT2D eigenvalue weighted by molar-refractivity contribution is -0.119. The number of nitrogens with two attached hydrogens (primary N) is 1. The van der Waals surface area contributed by atoms with Crippen LogP contribution in [0.15, 0.2) is 5.38 Å². The highest BCUT2D eigenvalue weighted by Gasteiger charge is 2.04. The molecule has 1 unspecified atom stereocenters. The first-order valence-electron chi connectivity index (χ1n) is 4.77. The predicted octanol–water partition coefficient (Wildman–Crippen LogP) is 0.538. The molecule has 0 aliphatic rings. The molecule has 84 valence electrons. The minimum atomic E-state index is -0.0221. The molecule has 0 aliphatic heterocycles. The zero-order valence-electron chi connectivity index (χ0n) is 8.91. The van der Waals surface area contributed by atoms with Gasteiger partial charge in [-0.1, -0.05) is 0 Å². The summed E-state index contributed by atoms with van der Waals surface area (Å²) < 4.78 is 0. The summed E-state index contributed by atoms with van der Waals surface area (Å²) in [5, 5.41) is 8.69. The van der Waals surface area contributed by atoms with Crippen LogP contribution in [-0.2, 0) is 11.3 Å². The fraction of sp³-hybridized carbons (Fsp3) is 0.556. The van der Waals surface area contributed by atoms with Crippen LogP contribution in [0.4, 0.5) is 5.13 Å². The molecule has 0 bridgehead atoms. The second kappa shape index (κ2) is 5.67. The Kier molecular flexibility index (Phi) is 4.51. The number of amides is 1. The summed E-state index contributed by atoms with van der Waals surface area (Å²) >= 11 is 1.52. The van der Waals surface area contributed by atoms with Gasteiger partial charge in [-0.2, -0.15) is 0 Å². The molecule has 0 radical (unpaired) electrons. The van der Waals surface area contributed by atoms with Gasteiger partial charge in [0.25, 0.3) is 0 Å². The van der Waals surface area contributed by atoms with E-state index in [2.05, 4.69) is 15.6 Å². The topological polar surface area (TPSA) is 80.0 Å². The Hall–Kier alpha value is -1.14. The van der Waals surface area contributed by atoms with Gasteiger partial charge in [0.2, 0.25) is 5.91 Å². The highest BCUT2D eigenvalue weighted by molar-refractivity contribution is 7.13. The number of anilines is 1. The van der Waals surface area contributed by atoms with Crippen LogP contribution in [0.25, 0.3) is 0 Å². The first-order chi connectivity index (χ1) is 7.11. The Labute approximate surface area is 93.1 Å². The minimum Gasteiger partial charge on any atom is -0.359 e. The summed E-state index contributed by atoms with van der Waals surface area (Å²) in [6.45, 7) is 4.56. The van der Waals surface area contributed by atoms with Crippen LogP contribution in [-0.4, -0.2) is 23.5 Å². The lowest BCUT2D eigenvalue weighted by Gasteiger charge is -2.12. The Morgan fingerprint density at radius 3 is 3.00 bits per heavy atom. The molecular formula is C9H16N4OS. The third-order valence-electron chi connectivity index (χ3n) is 1.77. The molecule has 1 amide bonds. The Morgan fingerprint density at radius 1 is 1.73 bits per heavy atom. The van der Waals surface area contributed by atoms with Gasteiger partial charge in [-0.15, -0.1) is 11.3 Å². The number of nitrogens with zero attached hydrogens (tertiary/aromatic N) is 1. The average Bonchev–Trinajstić information content (AvgIpc) is 2.61. The SMILES string of the molecule is CC(=O)NC(C)CNc1nc(CN)cs1. The van der Waals surface area contributed by atoms with Gasteiger partial charge in [0.05, 0.1) is 5.69 Å². The largest absolute Gasteiger partial charge is 0.359 e. The Bertz CT molecular complexity index is 326. The Balaban J connectivity index is 2.33. The zero-order chi connectivity index (χ0) is 11.3. The number of carbonyl (C=O) groups excluding carboxylic acids is 1. The van der Waals surface area contributed by atoms with E-state index in [0.717, 1.165) is 10.8 Å². The van der Waals surface area contributed by atoms with Gasteiger partial charge in [0, 0.05) is 31.4 Å². The van der Waals surface area contributed by atoms with Crippen molar-refractivity contribution < 1.29 is 4.79 Å². The number of rotatable bonds is 5. The van der Waals surface area contributed by atoms with Gasteiger partial charge in [0.15, 0.2) is 5.13 Å². The van der Waals surface area contributed by atoms with E-state index in [9.17, 15) is 4.79 Å². The van der Waals surface area contributed by atoms with Crippen molar-refractivity contribution in [2.45, 2.75) is 26.4 Å². The fourth-order valence-electron chi connectivity index (χ4n) is 1.12. The minimum absolute atomic E-state index is 0.0221. The lowest BCUT2D eigenvalue weighted by Crippen LogP contribution is -2.35. The van der Waals surface area contributed by atoms with E-state index < -0.39 is 0 Å². The molecule has 1 aromatic rings. The van der Waals surface area contributed by atoms with E-state index in [1.165, 1.54) is 18.3 Å². The number of aromatic nitrogens is 1. The zero-order valence-corrected chi connectivity index (χ0v) is 9.73. The van der Waals surface area contributed by atoms with Crippen molar-refractivity contribution >= 4 is 22.4 Å². The molecule has 5 nitrogen and oxygen atoms in total. The normalized spacial score (nSPS) is 12.2. The van der Waals surface area contributed by atoms with Crippen molar-refractivity contribution in [2.75, 3.05) is 11.9 Å². The summed E-state index contributed by atoms with van der Waals surface area (Å²) in [4.78, 5) is 15.0. The number of hydrogen-bond donors (Lipinski definition) is 3. The van der Waals surface area contributed by atoms with Crippen LogP contribution < -0.4 is 16.4 Å². The molecule has 0 spiro atoms. The number of thiazole rings is 1. The molecule has 0 fully saturated rings. The number of hydrogen-bond acceptors (Lipinski definition) is 5. The third kappa shape index (κ3) is 4.26. The molecule has 6 heteroatoms. The summed E-state index contributed by atoms with van der Waals surface area (Å²) in [6.07, 6.45) is 0. The van der Waals surface area contributed by atoms with E-state index in [4.69, 9.17) is 5.73 Å². The Morgan fingerprint density at radius 2 is 2.47 bits per heavy atom. The van der Waals surface area contributed by atoms with Crippen LogP contribution >= 0.6 is 11.3 Å². The summed E-state index contributed by atoms with van der Waals surface area (Å²) in [7, 11) is 0. The van der Waals surface area contributed by atoms with E-state index in [0.29, 0.717) is 13.1 Å². The first kappa shape index (κ1) is 11.9. The average molecular weight is 228 g/mol.